The van der Waals surface area contributed by atoms with Crippen molar-refractivity contribution in [1.29, 1.82) is 0 Å². The Morgan fingerprint density at radius 1 is 0.892 bits per heavy atom. The monoisotopic (exact) mass is 901 g/mol. The van der Waals surface area contributed by atoms with Crippen LogP contribution in [0.25, 0.3) is 48.6 Å². The molecule has 5 aliphatic rings. The number of nitrogens with one attached hydrogen (secondary N) is 5. The van der Waals surface area contributed by atoms with Gasteiger partial charge in [0.2, 0.25) is 11.8 Å². The van der Waals surface area contributed by atoms with E-state index in [2.05, 4.69) is 75.6 Å². The van der Waals surface area contributed by atoms with Crippen molar-refractivity contribution in [2.24, 2.45) is 17.3 Å². The van der Waals surface area contributed by atoms with Crippen molar-refractivity contribution in [3.8, 4) is 20.9 Å². The smallest absolute Gasteiger partial charge is 0.407 e. The number of aromatic amines is 1. The number of rotatable bonds is 11. The van der Waals surface area contributed by atoms with Crippen LogP contribution < -0.4 is 21.3 Å². The molecule has 5 aromatic rings. The molecule has 0 bridgehead atoms. The number of methoxy groups -OCH3 is 1. The van der Waals surface area contributed by atoms with E-state index in [9.17, 15) is 14.4 Å². The van der Waals surface area contributed by atoms with Crippen molar-refractivity contribution in [3.05, 3.63) is 65.2 Å². The van der Waals surface area contributed by atoms with E-state index in [-0.39, 0.29) is 47.9 Å². The highest BCUT2D eigenvalue weighted by atomic mass is 32.1. The molecule has 14 nitrogen and oxygen atoms in total. The Bertz CT molecular complexity index is 2660. The molecule has 3 aliphatic heterocycles. The summed E-state index contributed by atoms with van der Waals surface area (Å²) in [7, 11) is 3.19. The van der Waals surface area contributed by atoms with Crippen molar-refractivity contribution in [2.75, 3.05) is 27.2 Å². The first kappa shape index (κ1) is 43.5. The van der Waals surface area contributed by atoms with Gasteiger partial charge in [0.25, 0.3) is 0 Å². The summed E-state index contributed by atoms with van der Waals surface area (Å²) in [6.45, 7) is 9.42. The second kappa shape index (κ2) is 17.4. The Morgan fingerprint density at radius 2 is 1.63 bits per heavy atom. The number of nitrogens with zero attached hydrogens (tertiary/aromatic N) is 4. The predicted molar refractivity (Wildman–Crippen MR) is 254 cm³/mol. The van der Waals surface area contributed by atoms with E-state index >= 15 is 0 Å². The third-order valence-corrected chi connectivity index (χ3v) is 16.5. The van der Waals surface area contributed by atoms with Crippen molar-refractivity contribution >= 4 is 56.9 Å². The molecule has 65 heavy (non-hydrogen) atoms. The number of alkyl carbamates (subject to hydrolysis) is 1. The maximum atomic E-state index is 14.0. The van der Waals surface area contributed by atoms with Crippen LogP contribution in [0.5, 0.6) is 0 Å². The minimum absolute atomic E-state index is 0.0657. The number of likely N-dealkylation sites (tertiary alicyclic amines) is 2. The third kappa shape index (κ3) is 7.75. The number of ether oxygens (including phenoxy) is 1. The van der Waals surface area contributed by atoms with Crippen LogP contribution in [0.3, 0.4) is 0 Å². The maximum Gasteiger partial charge on any atom is 0.407 e. The number of benzene rings is 2. The van der Waals surface area contributed by atoms with Crippen LogP contribution >= 0.6 is 11.3 Å². The summed E-state index contributed by atoms with van der Waals surface area (Å²) >= 11 is 1.87. The Hall–Kier alpha value is -5.41. The van der Waals surface area contributed by atoms with E-state index < -0.39 is 12.1 Å². The number of imidazole rings is 1. The first-order valence-electron chi connectivity index (χ1n) is 23.9. The molecule has 3 fully saturated rings. The number of hydrogen-bond acceptors (Lipinski definition) is 11. The number of fused-ring (bicyclic) bond motifs is 3. The van der Waals surface area contributed by atoms with Gasteiger partial charge in [-0.05, 0) is 117 Å². The summed E-state index contributed by atoms with van der Waals surface area (Å²) in [5, 5.41) is 18.6. The van der Waals surface area contributed by atoms with Crippen molar-refractivity contribution in [2.45, 2.75) is 129 Å². The molecule has 3 amide bonds. The zero-order valence-electron chi connectivity index (χ0n) is 38.5. The molecule has 6 heterocycles. The molecule has 2 aromatic carbocycles. The molecule has 0 radical (unpaired) electrons. The fourth-order valence-corrected chi connectivity index (χ4v) is 13.2. The van der Waals surface area contributed by atoms with Gasteiger partial charge in [-0.25, -0.2) is 9.78 Å². The van der Waals surface area contributed by atoms with Gasteiger partial charge in [0, 0.05) is 40.2 Å². The molecule has 1 saturated carbocycles. The second-order valence-electron chi connectivity index (χ2n) is 19.9. The van der Waals surface area contributed by atoms with E-state index in [1.807, 2.05) is 54.4 Å². The first-order valence-corrected chi connectivity index (χ1v) is 24.7. The summed E-state index contributed by atoms with van der Waals surface area (Å²) in [6, 6.07) is 9.93. The first-order chi connectivity index (χ1) is 31.5. The minimum Gasteiger partial charge on any atom is -0.453 e. The van der Waals surface area contributed by atoms with Crippen LogP contribution in [0.2, 0.25) is 0 Å². The van der Waals surface area contributed by atoms with Crippen LogP contribution in [0.15, 0.2) is 47.3 Å². The number of amides is 3. The number of likely N-dealkylation sites (N-methyl/N-ethyl adjacent to an activating group) is 1. The van der Waals surface area contributed by atoms with Crippen LogP contribution in [0.4, 0.5) is 4.79 Å². The summed E-state index contributed by atoms with van der Waals surface area (Å²) < 4.78 is 11.0. The number of thiophene rings is 1. The highest BCUT2D eigenvalue weighted by Crippen LogP contribution is 2.57. The summed E-state index contributed by atoms with van der Waals surface area (Å²) in [6.07, 6.45) is 14.9. The molecule has 5 atom stereocenters. The van der Waals surface area contributed by atoms with Crippen LogP contribution in [-0.4, -0.2) is 94.4 Å². The number of H-pyrrole nitrogens is 1. The standard InChI is InChI=1S/C50H63N9O5S/c1-27(2)40(51-5)47(60)59-21-11-13-39(59)46-54-35-17-14-29(22-36(35)55-46)43-32-23-50(18-8-9-19-50)24-33(32)44(65-43)30-15-16-31(42-34(30)25-53-64-42)37-26-52-45(56-37)38-12-7-10-20-58(38)48(61)41(28(3)4)57-49(62)63-6/h14-17,22,25-28,38-41,45,51-52,56H,7-13,18-21,23-24H2,1-6H3,(H,54,55)(H,57,62). The molecule has 5 N–H and O–H groups in total. The van der Waals surface area contributed by atoms with Gasteiger partial charge in [0.15, 0.2) is 5.58 Å². The average Bonchev–Trinajstić information content (AvgIpc) is 4.17. The topological polar surface area (TPSA) is 170 Å². The molecular weight excluding hydrogens is 839 g/mol. The second-order valence-corrected chi connectivity index (χ2v) is 20.9. The maximum absolute atomic E-state index is 14.0. The molecule has 10 rings (SSSR count). The number of piperidine rings is 1. The molecule has 2 saturated heterocycles. The molecular formula is C50H63N9O5S. The fourth-order valence-electron chi connectivity index (χ4n) is 11.8. The number of carbonyl (C=O) groups is 3. The zero-order valence-corrected chi connectivity index (χ0v) is 39.3. The Morgan fingerprint density at radius 3 is 2.38 bits per heavy atom. The van der Waals surface area contributed by atoms with Crippen LogP contribution in [0.1, 0.15) is 114 Å². The van der Waals surface area contributed by atoms with E-state index in [4.69, 9.17) is 14.2 Å². The largest absolute Gasteiger partial charge is 0.453 e. The van der Waals surface area contributed by atoms with Gasteiger partial charge >= 0.3 is 6.09 Å². The van der Waals surface area contributed by atoms with Gasteiger partial charge in [-0.15, -0.1) is 11.3 Å². The lowest BCUT2D eigenvalue weighted by molar-refractivity contribution is -0.139. The molecule has 344 valence electrons. The van der Waals surface area contributed by atoms with Gasteiger partial charge in [-0.3, -0.25) is 9.59 Å². The Labute approximate surface area is 384 Å². The fraction of sp³-hybridized carbons (Fsp3) is 0.540. The number of aromatic nitrogens is 3. The highest BCUT2D eigenvalue weighted by Gasteiger charge is 2.44. The minimum atomic E-state index is -0.686. The molecule has 15 heteroatoms. The Kier molecular flexibility index (Phi) is 11.7. The summed E-state index contributed by atoms with van der Waals surface area (Å²) in [4.78, 5) is 55.2. The normalized spacial score (nSPS) is 22.5. The lowest BCUT2D eigenvalue weighted by Crippen LogP contribution is -2.61. The lowest BCUT2D eigenvalue weighted by Gasteiger charge is -2.41. The number of hydrogen-bond donors (Lipinski definition) is 5. The van der Waals surface area contributed by atoms with Gasteiger partial charge < -0.3 is 45.3 Å². The number of carbonyl (C=O) groups excluding carboxylic acids is 3. The molecule has 2 aliphatic carbocycles. The van der Waals surface area contributed by atoms with E-state index in [0.29, 0.717) is 12.0 Å². The quantitative estimate of drug-likeness (QED) is 0.0871. The zero-order chi connectivity index (χ0) is 45.1. The highest BCUT2D eigenvalue weighted by molar-refractivity contribution is 7.19. The van der Waals surface area contributed by atoms with Gasteiger partial charge in [-0.2, -0.15) is 0 Å². The van der Waals surface area contributed by atoms with E-state index in [1.54, 1.807) is 0 Å². The van der Waals surface area contributed by atoms with Gasteiger partial charge in [0.1, 0.15) is 18.0 Å². The Balaban J connectivity index is 0.944. The molecule has 3 aromatic heterocycles. The van der Waals surface area contributed by atoms with Crippen LogP contribution in [-0.2, 0) is 27.2 Å². The van der Waals surface area contributed by atoms with Crippen molar-refractivity contribution in [1.82, 2.24) is 46.2 Å². The summed E-state index contributed by atoms with van der Waals surface area (Å²) in [5.74, 6) is 1.00. The van der Waals surface area contributed by atoms with Gasteiger partial charge in [0.05, 0.1) is 53.5 Å². The SMILES string of the molecule is CNC(C(=O)N1CCCC1c1nc2ccc(-c3sc(-c4ccc(C5=CNC(C6CCCCN6C(=O)C(NC(=O)OC)C(C)C)N5)c5oncc45)c4c3CC3(CCCC3)C4)cc2[nH]1)C(C)C. The molecule has 1 spiro atoms. The average molecular weight is 902 g/mol. The van der Waals surface area contributed by atoms with Crippen molar-refractivity contribution in [3.63, 3.8) is 0 Å². The van der Waals surface area contributed by atoms with Crippen LogP contribution in [0, 0.1) is 17.3 Å². The predicted octanol–water partition coefficient (Wildman–Crippen LogP) is 8.25. The molecule has 5 unspecified atom stereocenters. The lowest BCUT2D eigenvalue weighted by atomic mass is 9.83. The van der Waals surface area contributed by atoms with E-state index in [1.165, 1.54) is 59.2 Å². The third-order valence-electron chi connectivity index (χ3n) is 15.1. The van der Waals surface area contributed by atoms with Crippen molar-refractivity contribution < 1.29 is 23.6 Å². The van der Waals surface area contributed by atoms with Gasteiger partial charge in [-0.1, -0.05) is 57.8 Å². The summed E-state index contributed by atoms with van der Waals surface area (Å²) in [5.41, 5.74) is 9.99. The van der Waals surface area contributed by atoms with E-state index in [0.717, 1.165) is 96.1 Å².